The monoisotopic (exact) mass is 357 g/mol. The molecule has 2 heterocycles. The quantitative estimate of drug-likeness (QED) is 0.901. The Morgan fingerprint density at radius 1 is 1.15 bits per heavy atom. The highest BCUT2D eigenvalue weighted by Gasteiger charge is 2.52. The fourth-order valence-electron chi connectivity index (χ4n) is 4.52. The molecule has 1 aromatic carbocycles. The predicted molar refractivity (Wildman–Crippen MR) is 104 cm³/mol. The second-order valence-electron chi connectivity index (χ2n) is 8.24. The van der Waals surface area contributed by atoms with E-state index in [-0.39, 0.29) is 17.9 Å². The molecule has 2 saturated heterocycles. The van der Waals surface area contributed by atoms with E-state index in [2.05, 4.69) is 31.1 Å². The number of nitrogens with zero attached hydrogens (tertiary/aromatic N) is 2. The largest absolute Gasteiger partial charge is 0.343 e. The van der Waals surface area contributed by atoms with E-state index in [1.165, 1.54) is 0 Å². The number of benzene rings is 1. The second-order valence-corrected chi connectivity index (χ2v) is 8.24. The van der Waals surface area contributed by atoms with Crippen LogP contribution in [0.15, 0.2) is 30.3 Å². The molecule has 0 aliphatic carbocycles. The van der Waals surface area contributed by atoms with Crippen LogP contribution in [0.25, 0.3) is 0 Å². The molecule has 0 bridgehead atoms. The molecule has 0 aromatic heterocycles. The topological polar surface area (TPSA) is 52.7 Å². The fraction of sp³-hybridized carbons (Fsp3) is 0.619. The second kappa shape index (κ2) is 7.78. The predicted octanol–water partition coefficient (Wildman–Crippen LogP) is 2.98. The van der Waals surface area contributed by atoms with Crippen molar-refractivity contribution >= 4 is 17.5 Å². The normalized spacial score (nSPS) is 26.5. The van der Waals surface area contributed by atoms with Gasteiger partial charge in [-0.3, -0.25) is 9.59 Å². The summed E-state index contributed by atoms with van der Waals surface area (Å²) in [5.41, 5.74) is 0.439. The van der Waals surface area contributed by atoms with Crippen LogP contribution in [-0.4, -0.2) is 54.3 Å². The molecule has 0 unspecified atom stereocenters. The first-order valence-electron chi connectivity index (χ1n) is 9.77. The third kappa shape index (κ3) is 3.78. The summed E-state index contributed by atoms with van der Waals surface area (Å²) in [4.78, 5) is 30.1. The number of likely N-dealkylation sites (tertiary alicyclic amines) is 2. The lowest BCUT2D eigenvalue weighted by molar-refractivity contribution is -0.132. The first-order valence-corrected chi connectivity index (χ1v) is 9.77. The lowest BCUT2D eigenvalue weighted by Crippen LogP contribution is -2.46. The average molecular weight is 357 g/mol. The maximum atomic E-state index is 13.3. The zero-order valence-corrected chi connectivity index (χ0v) is 16.2. The first kappa shape index (κ1) is 18.9. The van der Waals surface area contributed by atoms with Crippen LogP contribution in [0.2, 0.25) is 0 Å². The van der Waals surface area contributed by atoms with Gasteiger partial charge in [-0.15, -0.1) is 0 Å². The van der Waals surface area contributed by atoms with Crippen molar-refractivity contribution in [3.63, 3.8) is 0 Å². The molecule has 2 amide bonds. The van der Waals surface area contributed by atoms with Crippen molar-refractivity contribution in [3.8, 4) is 0 Å². The van der Waals surface area contributed by atoms with E-state index in [9.17, 15) is 9.59 Å². The van der Waals surface area contributed by atoms with Gasteiger partial charge in [0.05, 0.1) is 5.41 Å². The highest BCUT2D eigenvalue weighted by Crippen LogP contribution is 2.44. The summed E-state index contributed by atoms with van der Waals surface area (Å²) in [5, 5.41) is 3.13. The van der Waals surface area contributed by atoms with Crippen molar-refractivity contribution in [2.75, 3.05) is 32.0 Å². The molecule has 2 atom stereocenters. The van der Waals surface area contributed by atoms with Crippen LogP contribution in [0.4, 0.5) is 5.69 Å². The number of anilines is 1. The molecule has 26 heavy (non-hydrogen) atoms. The third-order valence-electron chi connectivity index (χ3n) is 6.00. The van der Waals surface area contributed by atoms with Gasteiger partial charge in [-0.25, -0.2) is 0 Å². The van der Waals surface area contributed by atoms with Crippen LogP contribution in [0.1, 0.15) is 39.5 Å². The number of amides is 2. The summed E-state index contributed by atoms with van der Waals surface area (Å²) in [6, 6.07) is 9.87. The number of carbonyl (C=O) groups excluding carboxylic acids is 2. The number of carbonyl (C=O) groups is 2. The van der Waals surface area contributed by atoms with Crippen LogP contribution in [0, 0.1) is 11.3 Å². The Labute approximate surface area is 156 Å². The molecule has 2 fully saturated rings. The SMILES string of the molecule is CC(C)CC(=O)N1CC[C@@H]2N(C)CC[C@]2(C(=O)Nc2ccccc2)CC1. The van der Waals surface area contributed by atoms with Gasteiger partial charge in [-0.05, 0) is 50.9 Å². The van der Waals surface area contributed by atoms with Crippen molar-refractivity contribution < 1.29 is 9.59 Å². The highest BCUT2D eigenvalue weighted by molar-refractivity contribution is 5.96. The van der Waals surface area contributed by atoms with Gasteiger partial charge in [0, 0.05) is 31.2 Å². The van der Waals surface area contributed by atoms with E-state index in [1.807, 2.05) is 35.2 Å². The Bertz CT molecular complexity index is 646. The molecule has 2 aliphatic heterocycles. The molecular formula is C21H31N3O2. The van der Waals surface area contributed by atoms with Crippen LogP contribution in [0.3, 0.4) is 0 Å². The zero-order chi connectivity index (χ0) is 18.7. The summed E-state index contributed by atoms with van der Waals surface area (Å²) >= 11 is 0. The Hall–Kier alpha value is -1.88. The van der Waals surface area contributed by atoms with Crippen molar-refractivity contribution in [1.29, 1.82) is 0 Å². The molecule has 1 N–H and O–H groups in total. The summed E-state index contributed by atoms with van der Waals surface area (Å²) in [5.74, 6) is 0.695. The van der Waals surface area contributed by atoms with E-state index in [0.717, 1.165) is 38.0 Å². The molecule has 3 rings (SSSR count). The molecule has 0 radical (unpaired) electrons. The van der Waals surface area contributed by atoms with E-state index >= 15 is 0 Å². The first-order chi connectivity index (χ1) is 12.4. The van der Waals surface area contributed by atoms with Crippen LogP contribution < -0.4 is 5.32 Å². The number of fused-ring (bicyclic) bond motifs is 1. The zero-order valence-electron chi connectivity index (χ0n) is 16.2. The minimum absolute atomic E-state index is 0.108. The van der Waals surface area contributed by atoms with Gasteiger partial charge in [0.2, 0.25) is 11.8 Å². The lowest BCUT2D eigenvalue weighted by atomic mass is 9.75. The molecule has 2 aliphatic rings. The number of hydrogen-bond donors (Lipinski definition) is 1. The maximum absolute atomic E-state index is 13.3. The van der Waals surface area contributed by atoms with E-state index in [4.69, 9.17) is 0 Å². The molecule has 5 nitrogen and oxygen atoms in total. The minimum Gasteiger partial charge on any atom is -0.343 e. The van der Waals surface area contributed by atoms with E-state index in [1.54, 1.807) is 0 Å². The van der Waals surface area contributed by atoms with Gasteiger partial charge >= 0.3 is 0 Å². The van der Waals surface area contributed by atoms with Crippen molar-refractivity contribution in [3.05, 3.63) is 30.3 Å². The molecule has 1 aromatic rings. The maximum Gasteiger partial charge on any atom is 0.232 e. The Balaban J connectivity index is 1.77. The van der Waals surface area contributed by atoms with Gasteiger partial charge in [-0.2, -0.15) is 0 Å². The van der Waals surface area contributed by atoms with Crippen LogP contribution in [0.5, 0.6) is 0 Å². The Morgan fingerprint density at radius 3 is 2.54 bits per heavy atom. The van der Waals surface area contributed by atoms with Gasteiger partial charge < -0.3 is 15.1 Å². The van der Waals surface area contributed by atoms with Crippen molar-refractivity contribution in [2.24, 2.45) is 11.3 Å². The molecular weight excluding hydrogens is 326 g/mol. The van der Waals surface area contributed by atoms with Crippen LogP contribution in [-0.2, 0) is 9.59 Å². The minimum atomic E-state index is -0.405. The third-order valence-corrected chi connectivity index (χ3v) is 6.00. The Morgan fingerprint density at radius 2 is 1.85 bits per heavy atom. The standard InChI is InChI=1S/C21H31N3O2/c1-16(2)15-19(25)24-12-9-18-21(11-14-24,10-13-23(18)3)20(26)22-17-7-5-4-6-8-17/h4-8,16,18H,9-15H2,1-3H3,(H,22,26)/t18-,21-/m0/s1. The van der Waals surface area contributed by atoms with Crippen molar-refractivity contribution in [2.45, 2.75) is 45.6 Å². The van der Waals surface area contributed by atoms with Gasteiger partial charge in [0.1, 0.15) is 0 Å². The van der Waals surface area contributed by atoms with Crippen molar-refractivity contribution in [1.82, 2.24) is 9.80 Å². The number of hydrogen-bond acceptors (Lipinski definition) is 3. The molecule has 5 heteroatoms. The van der Waals surface area contributed by atoms with E-state index < -0.39 is 5.41 Å². The van der Waals surface area contributed by atoms with E-state index in [0.29, 0.717) is 18.9 Å². The highest BCUT2D eigenvalue weighted by atomic mass is 16.2. The average Bonchev–Trinajstić information content (AvgIpc) is 2.80. The Kier molecular flexibility index (Phi) is 5.66. The number of nitrogens with one attached hydrogen (secondary N) is 1. The molecule has 142 valence electrons. The van der Waals surface area contributed by atoms with Gasteiger partial charge in [0.25, 0.3) is 0 Å². The number of rotatable bonds is 4. The fourth-order valence-corrected chi connectivity index (χ4v) is 4.52. The lowest BCUT2D eigenvalue weighted by Gasteiger charge is -2.34. The smallest absolute Gasteiger partial charge is 0.232 e. The summed E-state index contributed by atoms with van der Waals surface area (Å²) in [6.45, 7) is 6.52. The number of para-hydroxylation sites is 1. The summed E-state index contributed by atoms with van der Waals surface area (Å²) < 4.78 is 0. The van der Waals surface area contributed by atoms with Gasteiger partial charge in [0.15, 0.2) is 0 Å². The summed E-state index contributed by atoms with van der Waals surface area (Å²) in [6.07, 6.45) is 3.05. The van der Waals surface area contributed by atoms with Crippen LogP contribution >= 0.6 is 0 Å². The van der Waals surface area contributed by atoms with Gasteiger partial charge in [-0.1, -0.05) is 32.0 Å². The summed E-state index contributed by atoms with van der Waals surface area (Å²) in [7, 11) is 2.10. The molecule has 0 saturated carbocycles. The molecule has 0 spiro atoms.